The monoisotopic (exact) mass is 255 g/mol. The summed E-state index contributed by atoms with van der Waals surface area (Å²) in [5.74, 6) is -0.530. The maximum absolute atomic E-state index is 11.9. The third-order valence-corrected chi connectivity index (χ3v) is 4.93. The van der Waals surface area contributed by atoms with Gasteiger partial charge in [-0.1, -0.05) is 0 Å². The number of fused-ring (bicyclic) bond motifs is 1. The van der Waals surface area contributed by atoms with E-state index in [1.165, 1.54) is 6.92 Å². The van der Waals surface area contributed by atoms with Crippen LogP contribution in [0.1, 0.15) is 19.4 Å². The molecular weight excluding hydrogens is 246 g/mol. The summed E-state index contributed by atoms with van der Waals surface area (Å²) in [6, 6.07) is 2.02. The molecule has 0 fully saturated rings. The van der Waals surface area contributed by atoms with Crippen LogP contribution >= 0.6 is 0 Å². The third-order valence-electron chi connectivity index (χ3n) is 2.90. The quantitative estimate of drug-likeness (QED) is 0.610. The lowest BCUT2D eigenvalue weighted by molar-refractivity contribution is -0.386. The van der Waals surface area contributed by atoms with Gasteiger partial charge in [0.1, 0.15) is 0 Å². The second kappa shape index (κ2) is 3.30. The fraction of sp³-hybridized carbons (Fsp3) is 0.200. The number of phenolic OH excluding ortho intramolecular Hbond substituents is 1. The molecular formula is C10H9NO5S. The van der Waals surface area contributed by atoms with Crippen LogP contribution in [0.5, 0.6) is 5.75 Å². The summed E-state index contributed by atoms with van der Waals surface area (Å²) in [7, 11) is -3.64. The average molecular weight is 255 g/mol. The number of hydrogen-bond donors (Lipinski definition) is 1. The molecule has 1 aromatic rings. The number of hydrogen-bond acceptors (Lipinski definition) is 5. The highest BCUT2D eigenvalue weighted by molar-refractivity contribution is 7.95. The standard InChI is InChI=1S/C10H9NO5S/c1-5-6(2)17(15,16)10-4-8(11(13)14)9(12)3-7(5)10/h3-4,12H,1-2H3. The lowest BCUT2D eigenvalue weighted by Crippen LogP contribution is -1.99. The van der Waals surface area contributed by atoms with Gasteiger partial charge in [0, 0.05) is 16.5 Å². The van der Waals surface area contributed by atoms with Crippen LogP contribution in [0, 0.1) is 10.1 Å². The summed E-state index contributed by atoms with van der Waals surface area (Å²) in [6.45, 7) is 3.04. The van der Waals surface area contributed by atoms with Gasteiger partial charge in [0.15, 0.2) is 5.75 Å². The number of sulfone groups is 1. The van der Waals surface area contributed by atoms with Gasteiger partial charge in [-0.05, 0) is 25.5 Å². The maximum Gasteiger partial charge on any atom is 0.312 e. The van der Waals surface area contributed by atoms with Crippen LogP contribution in [0.15, 0.2) is 21.9 Å². The molecule has 1 aromatic carbocycles. The van der Waals surface area contributed by atoms with Crippen LogP contribution < -0.4 is 0 Å². The van der Waals surface area contributed by atoms with Crippen LogP contribution in [-0.4, -0.2) is 18.4 Å². The van der Waals surface area contributed by atoms with E-state index >= 15 is 0 Å². The molecule has 0 spiro atoms. The Bertz CT molecular complexity index is 672. The first kappa shape index (κ1) is 11.6. The first-order valence-corrected chi connectivity index (χ1v) is 6.19. The second-order valence-electron chi connectivity index (χ2n) is 3.78. The lowest BCUT2D eigenvalue weighted by atomic mass is 10.1. The zero-order chi connectivity index (χ0) is 13.0. The number of nitro benzene ring substituents is 1. The highest BCUT2D eigenvalue weighted by Gasteiger charge is 2.34. The molecule has 1 N–H and O–H groups in total. The van der Waals surface area contributed by atoms with Gasteiger partial charge in [-0.3, -0.25) is 10.1 Å². The number of aromatic hydroxyl groups is 1. The van der Waals surface area contributed by atoms with Gasteiger partial charge >= 0.3 is 5.69 Å². The zero-order valence-electron chi connectivity index (χ0n) is 9.09. The molecule has 0 unspecified atom stereocenters. The van der Waals surface area contributed by atoms with Crippen molar-refractivity contribution < 1.29 is 18.4 Å². The fourth-order valence-corrected chi connectivity index (χ4v) is 3.39. The van der Waals surface area contributed by atoms with Crippen molar-refractivity contribution in [3.8, 4) is 5.75 Å². The molecule has 2 rings (SSSR count). The maximum atomic E-state index is 11.9. The van der Waals surface area contributed by atoms with Crippen LogP contribution in [0.2, 0.25) is 0 Å². The van der Waals surface area contributed by atoms with E-state index in [9.17, 15) is 23.6 Å². The Morgan fingerprint density at radius 1 is 1.29 bits per heavy atom. The van der Waals surface area contributed by atoms with Gasteiger partial charge in [-0.15, -0.1) is 0 Å². The molecule has 0 saturated carbocycles. The van der Waals surface area contributed by atoms with Gasteiger partial charge in [0.25, 0.3) is 0 Å². The van der Waals surface area contributed by atoms with Gasteiger partial charge in [-0.25, -0.2) is 8.42 Å². The average Bonchev–Trinajstić information content (AvgIpc) is 2.39. The molecule has 0 aromatic heterocycles. The summed E-state index contributed by atoms with van der Waals surface area (Å²) in [5.41, 5.74) is 0.227. The molecule has 0 radical (unpaired) electrons. The Hall–Kier alpha value is -1.89. The first-order valence-electron chi connectivity index (χ1n) is 4.71. The molecule has 1 aliphatic rings. The Labute approximate surface area is 97.3 Å². The third kappa shape index (κ3) is 1.42. The van der Waals surface area contributed by atoms with Gasteiger partial charge < -0.3 is 5.11 Å². The van der Waals surface area contributed by atoms with Crippen molar-refractivity contribution in [1.82, 2.24) is 0 Å². The van der Waals surface area contributed by atoms with Gasteiger partial charge in [0.05, 0.1) is 9.82 Å². The molecule has 0 aliphatic carbocycles. The summed E-state index contributed by atoms with van der Waals surface area (Å²) in [4.78, 5) is 9.87. The van der Waals surface area contributed by atoms with Crippen molar-refractivity contribution in [2.75, 3.05) is 0 Å². The number of nitro groups is 1. The normalized spacial score (nSPS) is 17.1. The summed E-state index contributed by atoms with van der Waals surface area (Å²) in [6.07, 6.45) is 0. The van der Waals surface area contributed by atoms with Crippen LogP contribution in [0.3, 0.4) is 0 Å². The van der Waals surface area contributed by atoms with Gasteiger partial charge in [0.2, 0.25) is 9.84 Å². The molecule has 1 aliphatic heterocycles. The molecule has 6 nitrogen and oxygen atoms in total. The predicted molar refractivity (Wildman–Crippen MR) is 60.2 cm³/mol. The molecule has 7 heteroatoms. The Morgan fingerprint density at radius 2 is 1.88 bits per heavy atom. The van der Waals surface area contributed by atoms with Crippen molar-refractivity contribution in [1.29, 1.82) is 0 Å². The smallest absolute Gasteiger partial charge is 0.312 e. The van der Waals surface area contributed by atoms with Crippen LogP contribution in [-0.2, 0) is 9.84 Å². The SMILES string of the molecule is CC1=C(C)S(=O)(=O)c2cc([N+](=O)[O-])c(O)cc21. The highest BCUT2D eigenvalue weighted by atomic mass is 32.2. The molecule has 90 valence electrons. The molecule has 0 saturated heterocycles. The van der Waals surface area contributed by atoms with Crippen molar-refractivity contribution in [3.63, 3.8) is 0 Å². The lowest BCUT2D eigenvalue weighted by Gasteiger charge is -2.02. The van der Waals surface area contributed by atoms with Crippen molar-refractivity contribution in [2.45, 2.75) is 18.7 Å². The largest absolute Gasteiger partial charge is 0.502 e. The molecule has 0 amide bonds. The van der Waals surface area contributed by atoms with Crippen molar-refractivity contribution in [2.24, 2.45) is 0 Å². The van der Waals surface area contributed by atoms with E-state index in [1.54, 1.807) is 6.92 Å². The predicted octanol–water partition coefficient (Wildman–Crippen LogP) is 1.84. The minimum absolute atomic E-state index is 0.114. The number of nitrogens with zero attached hydrogens (tertiary/aromatic N) is 1. The number of benzene rings is 1. The highest BCUT2D eigenvalue weighted by Crippen LogP contribution is 2.43. The molecule has 0 atom stereocenters. The molecule has 17 heavy (non-hydrogen) atoms. The Balaban J connectivity index is 2.85. The first-order chi connectivity index (χ1) is 7.76. The molecule has 0 bridgehead atoms. The zero-order valence-corrected chi connectivity index (χ0v) is 9.91. The van der Waals surface area contributed by atoms with Gasteiger partial charge in [-0.2, -0.15) is 0 Å². The fourth-order valence-electron chi connectivity index (χ4n) is 1.78. The number of allylic oxidation sites excluding steroid dienone is 2. The van der Waals surface area contributed by atoms with E-state index in [-0.39, 0.29) is 9.80 Å². The van der Waals surface area contributed by atoms with Crippen LogP contribution in [0.4, 0.5) is 5.69 Å². The number of rotatable bonds is 1. The van der Waals surface area contributed by atoms with E-state index in [1.807, 2.05) is 0 Å². The van der Waals surface area contributed by atoms with E-state index in [0.717, 1.165) is 12.1 Å². The van der Waals surface area contributed by atoms with E-state index in [2.05, 4.69) is 0 Å². The minimum atomic E-state index is -3.64. The van der Waals surface area contributed by atoms with E-state index < -0.39 is 26.2 Å². The summed E-state index contributed by atoms with van der Waals surface area (Å²) >= 11 is 0. The Morgan fingerprint density at radius 3 is 2.41 bits per heavy atom. The molecule has 1 heterocycles. The second-order valence-corrected chi connectivity index (χ2v) is 5.84. The summed E-state index contributed by atoms with van der Waals surface area (Å²) in [5, 5.41) is 20.1. The van der Waals surface area contributed by atoms with Crippen molar-refractivity contribution in [3.05, 3.63) is 32.7 Å². The minimum Gasteiger partial charge on any atom is -0.502 e. The number of phenols is 1. The Kier molecular flexibility index (Phi) is 2.25. The van der Waals surface area contributed by atoms with E-state index in [0.29, 0.717) is 11.1 Å². The van der Waals surface area contributed by atoms with Crippen molar-refractivity contribution >= 4 is 21.1 Å². The summed E-state index contributed by atoms with van der Waals surface area (Å²) < 4.78 is 23.8. The van der Waals surface area contributed by atoms with Crippen LogP contribution in [0.25, 0.3) is 5.57 Å². The van der Waals surface area contributed by atoms with E-state index in [4.69, 9.17) is 0 Å². The topological polar surface area (TPSA) is 97.5 Å².